The van der Waals surface area contributed by atoms with Crippen LogP contribution in [-0.2, 0) is 16.6 Å². The van der Waals surface area contributed by atoms with Gasteiger partial charge in [0.15, 0.2) is 0 Å². The fraction of sp³-hybridized carbons (Fsp3) is 0.714. The van der Waals surface area contributed by atoms with Gasteiger partial charge in [0.05, 0.1) is 0 Å². The summed E-state index contributed by atoms with van der Waals surface area (Å²) in [6, 6.07) is 2.26. The van der Waals surface area contributed by atoms with Gasteiger partial charge in [0, 0.05) is 19.1 Å². The largest absolute Gasteiger partial charge is 0.316 e. The molecule has 122 valence electrons. The summed E-state index contributed by atoms with van der Waals surface area (Å²) in [6.07, 6.45) is 1.84. The summed E-state index contributed by atoms with van der Waals surface area (Å²) >= 11 is 1.27. The molecule has 0 aliphatic heterocycles. The van der Waals surface area contributed by atoms with E-state index in [1.165, 1.54) is 11.3 Å². The van der Waals surface area contributed by atoms with Crippen molar-refractivity contribution in [2.24, 2.45) is 0 Å². The second-order valence-corrected chi connectivity index (χ2v) is 8.39. The van der Waals surface area contributed by atoms with E-state index >= 15 is 0 Å². The van der Waals surface area contributed by atoms with Crippen LogP contribution in [0.3, 0.4) is 0 Å². The fourth-order valence-corrected chi connectivity index (χ4v) is 4.14. The number of nitrogens with one attached hydrogen (secondary N) is 2. The Hall–Kier alpha value is -0.470. The van der Waals surface area contributed by atoms with Crippen molar-refractivity contribution < 1.29 is 8.42 Å². The molecule has 0 radical (unpaired) electrons. The Bertz CT molecular complexity index is 512. The maximum absolute atomic E-state index is 12.1. The van der Waals surface area contributed by atoms with Crippen molar-refractivity contribution in [3.8, 4) is 0 Å². The molecule has 7 heteroatoms. The van der Waals surface area contributed by atoms with E-state index in [1.54, 1.807) is 6.07 Å². The zero-order chi connectivity index (χ0) is 15.9. The van der Waals surface area contributed by atoms with Crippen LogP contribution in [0.1, 0.15) is 32.3 Å². The molecule has 1 aromatic heterocycles. The minimum absolute atomic E-state index is 0.395. The molecule has 1 aromatic rings. The molecule has 0 aromatic carbocycles. The zero-order valence-electron chi connectivity index (χ0n) is 13.3. The summed E-state index contributed by atoms with van der Waals surface area (Å²) in [7, 11) is 0.585. The Kier molecular flexibility index (Phi) is 7.83. The first kappa shape index (κ1) is 18.6. The zero-order valence-corrected chi connectivity index (χ0v) is 15.0. The highest BCUT2D eigenvalue weighted by Gasteiger charge is 2.15. The Labute approximate surface area is 132 Å². The van der Waals surface area contributed by atoms with Crippen LogP contribution >= 0.6 is 11.3 Å². The summed E-state index contributed by atoms with van der Waals surface area (Å²) in [4.78, 5) is 2.26. The third-order valence-electron chi connectivity index (χ3n) is 3.39. The van der Waals surface area contributed by atoms with Crippen LogP contribution in [0.2, 0.25) is 0 Å². The van der Waals surface area contributed by atoms with E-state index < -0.39 is 10.0 Å². The second-order valence-electron chi connectivity index (χ2n) is 5.48. The van der Waals surface area contributed by atoms with Crippen molar-refractivity contribution in [3.63, 3.8) is 0 Å². The lowest BCUT2D eigenvalue weighted by Gasteiger charge is -2.20. The maximum atomic E-state index is 12.1. The van der Waals surface area contributed by atoms with Gasteiger partial charge in [-0.05, 0) is 64.3 Å². The first-order valence-electron chi connectivity index (χ1n) is 7.28. The normalized spacial score (nSPS) is 12.5. The minimum atomic E-state index is -3.35. The predicted octanol–water partition coefficient (Wildman–Crippen LogP) is 1.87. The van der Waals surface area contributed by atoms with Crippen molar-refractivity contribution in [1.29, 1.82) is 0 Å². The standard InChI is InChI=1S/C14H27N3O2S2/c1-12(2)17(4)8-6-5-7-16-21(18,19)14-9-13(10-15-3)11-20-14/h9,11-12,15-16H,5-8,10H2,1-4H3. The molecule has 2 N–H and O–H groups in total. The first-order chi connectivity index (χ1) is 9.86. The Balaban J connectivity index is 2.36. The molecule has 0 fully saturated rings. The summed E-state index contributed by atoms with van der Waals surface area (Å²) < 4.78 is 27.3. The molecule has 0 unspecified atom stereocenters. The van der Waals surface area contributed by atoms with Crippen molar-refractivity contribution in [1.82, 2.24) is 14.9 Å². The van der Waals surface area contributed by atoms with Gasteiger partial charge in [-0.3, -0.25) is 0 Å². The highest BCUT2D eigenvalue weighted by molar-refractivity contribution is 7.91. The highest BCUT2D eigenvalue weighted by Crippen LogP contribution is 2.19. The number of nitrogens with zero attached hydrogens (tertiary/aromatic N) is 1. The predicted molar refractivity (Wildman–Crippen MR) is 89.3 cm³/mol. The van der Waals surface area contributed by atoms with Crippen LogP contribution in [0.4, 0.5) is 0 Å². The third kappa shape index (κ3) is 6.44. The second kappa shape index (κ2) is 8.85. The molecule has 0 atom stereocenters. The van der Waals surface area contributed by atoms with E-state index in [4.69, 9.17) is 0 Å². The number of sulfonamides is 1. The topological polar surface area (TPSA) is 61.4 Å². The fourth-order valence-electron chi connectivity index (χ4n) is 1.81. The Morgan fingerprint density at radius 2 is 2.05 bits per heavy atom. The van der Waals surface area contributed by atoms with Crippen LogP contribution < -0.4 is 10.0 Å². The number of thiophene rings is 1. The molecule has 0 spiro atoms. The molecule has 1 rings (SSSR count). The molecular weight excluding hydrogens is 306 g/mol. The van der Waals surface area contributed by atoms with E-state index in [1.807, 2.05) is 12.4 Å². The Morgan fingerprint density at radius 1 is 1.33 bits per heavy atom. The lowest BCUT2D eigenvalue weighted by Crippen LogP contribution is -2.28. The van der Waals surface area contributed by atoms with Crippen molar-refractivity contribution in [2.45, 2.75) is 43.5 Å². The smallest absolute Gasteiger partial charge is 0.250 e. The average molecular weight is 334 g/mol. The van der Waals surface area contributed by atoms with Crippen molar-refractivity contribution in [3.05, 3.63) is 17.0 Å². The van der Waals surface area contributed by atoms with Gasteiger partial charge < -0.3 is 10.2 Å². The van der Waals surface area contributed by atoms with Crippen molar-refractivity contribution in [2.75, 3.05) is 27.2 Å². The van der Waals surface area contributed by atoms with Crippen LogP contribution in [0.15, 0.2) is 15.7 Å². The van der Waals surface area contributed by atoms with Gasteiger partial charge in [-0.2, -0.15) is 0 Å². The molecule has 0 saturated heterocycles. The van der Waals surface area contributed by atoms with Crippen LogP contribution in [0, 0.1) is 0 Å². The highest BCUT2D eigenvalue weighted by atomic mass is 32.2. The molecule has 0 saturated carbocycles. The number of unbranched alkanes of at least 4 members (excludes halogenated alkanes) is 1. The molecule has 0 amide bonds. The van der Waals surface area contributed by atoms with Gasteiger partial charge in [-0.1, -0.05) is 0 Å². The van der Waals surface area contributed by atoms with Gasteiger partial charge in [0.1, 0.15) is 4.21 Å². The van der Waals surface area contributed by atoms with E-state index in [2.05, 4.69) is 35.8 Å². The van der Waals surface area contributed by atoms with E-state index in [-0.39, 0.29) is 0 Å². The average Bonchev–Trinajstić information content (AvgIpc) is 2.87. The quantitative estimate of drug-likeness (QED) is 0.642. The summed E-state index contributed by atoms with van der Waals surface area (Å²) in [6.45, 7) is 6.48. The van der Waals surface area contributed by atoms with Gasteiger partial charge in [-0.15, -0.1) is 11.3 Å². The molecule has 0 aliphatic rings. The number of hydrogen-bond acceptors (Lipinski definition) is 5. The molecule has 0 bridgehead atoms. The minimum Gasteiger partial charge on any atom is -0.316 e. The molecule has 21 heavy (non-hydrogen) atoms. The third-order valence-corrected chi connectivity index (χ3v) is 6.34. The van der Waals surface area contributed by atoms with E-state index in [9.17, 15) is 8.42 Å². The van der Waals surface area contributed by atoms with Gasteiger partial charge in [0.2, 0.25) is 10.0 Å². The van der Waals surface area contributed by atoms with Gasteiger partial charge in [-0.25, -0.2) is 13.1 Å². The number of rotatable bonds is 10. The molecule has 0 aliphatic carbocycles. The van der Waals surface area contributed by atoms with Crippen LogP contribution in [0.5, 0.6) is 0 Å². The summed E-state index contributed by atoms with van der Waals surface area (Å²) in [5.41, 5.74) is 1.00. The summed E-state index contributed by atoms with van der Waals surface area (Å²) in [5, 5.41) is 4.89. The van der Waals surface area contributed by atoms with Crippen molar-refractivity contribution >= 4 is 21.4 Å². The SMILES string of the molecule is CNCc1csc(S(=O)(=O)NCCCCN(C)C(C)C)c1. The molecule has 1 heterocycles. The maximum Gasteiger partial charge on any atom is 0.250 e. The van der Waals surface area contributed by atoms with E-state index in [0.29, 0.717) is 23.3 Å². The van der Waals surface area contributed by atoms with E-state index in [0.717, 1.165) is 24.9 Å². The monoisotopic (exact) mass is 333 g/mol. The van der Waals surface area contributed by atoms with Crippen LogP contribution in [0.25, 0.3) is 0 Å². The molecular formula is C14H27N3O2S2. The van der Waals surface area contributed by atoms with Gasteiger partial charge in [0.25, 0.3) is 0 Å². The Morgan fingerprint density at radius 3 is 2.67 bits per heavy atom. The van der Waals surface area contributed by atoms with Gasteiger partial charge >= 0.3 is 0 Å². The lowest BCUT2D eigenvalue weighted by molar-refractivity contribution is 0.268. The first-order valence-corrected chi connectivity index (χ1v) is 9.65. The lowest BCUT2D eigenvalue weighted by atomic mass is 10.2. The molecule has 5 nitrogen and oxygen atoms in total. The summed E-state index contributed by atoms with van der Waals surface area (Å²) in [5.74, 6) is 0. The number of hydrogen-bond donors (Lipinski definition) is 2. The van der Waals surface area contributed by atoms with Crippen LogP contribution in [-0.4, -0.2) is 46.5 Å².